The first-order chi connectivity index (χ1) is 5.31. The Kier molecular flexibility index (Phi) is 14.5. The predicted molar refractivity (Wildman–Crippen MR) is 55.6 cm³/mol. The smallest absolute Gasteiger partial charge is 0.0214 e. The second-order valence-corrected chi connectivity index (χ2v) is 2.05. The molecule has 0 fully saturated rings. The lowest BCUT2D eigenvalue weighted by Gasteiger charge is -2.12. The molecule has 2 heteroatoms. The molecule has 2 nitrogen and oxygen atoms in total. The van der Waals surface area contributed by atoms with Crippen LogP contribution in [-0.4, -0.2) is 31.6 Å². The molecule has 0 amide bonds. The van der Waals surface area contributed by atoms with Gasteiger partial charge in [-0.2, -0.15) is 0 Å². The number of hydrogen-bond acceptors (Lipinski definition) is 2. The van der Waals surface area contributed by atoms with Gasteiger partial charge in [0.1, 0.15) is 0 Å². The van der Waals surface area contributed by atoms with E-state index in [1.54, 1.807) is 0 Å². The zero-order valence-electron chi connectivity index (χ0n) is 7.93. The van der Waals surface area contributed by atoms with Crippen molar-refractivity contribution < 1.29 is 2.85 Å². The Morgan fingerprint density at radius 1 is 1.45 bits per heavy atom. The molecule has 70 valence electrons. The molecule has 0 atom stereocenters. The van der Waals surface area contributed by atoms with Crippen LogP contribution in [0.2, 0.25) is 0 Å². The van der Waals surface area contributed by atoms with Gasteiger partial charge in [0.15, 0.2) is 0 Å². The van der Waals surface area contributed by atoms with Crippen molar-refractivity contribution in [2.45, 2.75) is 20.3 Å². The van der Waals surface area contributed by atoms with Gasteiger partial charge in [-0.1, -0.05) is 13.8 Å². The summed E-state index contributed by atoms with van der Waals surface area (Å²) in [5, 5.41) is 0. The second kappa shape index (κ2) is 12.2. The lowest BCUT2D eigenvalue weighted by atomic mass is 10.4. The van der Waals surface area contributed by atoms with E-state index < -0.39 is 0 Å². The molecule has 0 saturated heterocycles. The van der Waals surface area contributed by atoms with E-state index in [9.17, 15) is 0 Å². The Bertz CT molecular complexity index is 102. The van der Waals surface area contributed by atoms with Crippen LogP contribution in [0.25, 0.3) is 0 Å². The van der Waals surface area contributed by atoms with Crippen molar-refractivity contribution in [1.82, 2.24) is 4.90 Å². The van der Waals surface area contributed by atoms with E-state index in [-0.39, 0.29) is 2.85 Å². The third-order valence-electron chi connectivity index (χ3n) is 1.15. The summed E-state index contributed by atoms with van der Waals surface area (Å²) in [4.78, 5) is 2.12. The molecule has 0 unspecified atom stereocenters. The highest BCUT2D eigenvalue weighted by Crippen LogP contribution is 1.82. The fourth-order valence-corrected chi connectivity index (χ4v) is 0.588. The molecule has 0 bridgehead atoms. The molecular weight excluding hydrogens is 136 g/mol. The van der Waals surface area contributed by atoms with Crippen LogP contribution in [-0.2, 0) is 0 Å². The van der Waals surface area contributed by atoms with Gasteiger partial charge in [-0.05, 0) is 7.05 Å². The summed E-state index contributed by atoms with van der Waals surface area (Å²) >= 11 is 0. The van der Waals surface area contributed by atoms with Gasteiger partial charge in [0.25, 0.3) is 0 Å². The molecule has 0 aromatic heterocycles. The average molecular weight is 160 g/mol. The Morgan fingerprint density at radius 3 is 2.36 bits per heavy atom. The third kappa shape index (κ3) is 12.6. The number of likely N-dealkylation sites (N-methyl/N-ethyl adjacent to an activating group) is 1. The standard InChI is InChI=1S/C7H14N2.C2H6.2H2/c1-3-4-6-9(2)7-5-8;1-2;;/h1H,4-8H2,2H3;1-2H3;2*1H. The quantitative estimate of drug-likeness (QED) is 0.630. The predicted octanol–water partition coefficient (Wildman–Crippen LogP) is 1.42. The molecular formula is C9H24N2. The number of nitrogens with two attached hydrogens (primary N) is 1. The number of terminal acetylenes is 1. The normalized spacial score (nSPS) is 8.36. The van der Waals surface area contributed by atoms with Gasteiger partial charge in [0.2, 0.25) is 0 Å². The molecule has 0 aliphatic rings. The summed E-state index contributed by atoms with van der Waals surface area (Å²) in [5.41, 5.74) is 5.31. The van der Waals surface area contributed by atoms with Gasteiger partial charge in [-0.15, -0.1) is 12.3 Å². The van der Waals surface area contributed by atoms with Crippen molar-refractivity contribution in [3.63, 3.8) is 0 Å². The molecule has 0 rings (SSSR count). The van der Waals surface area contributed by atoms with Crippen molar-refractivity contribution in [2.24, 2.45) is 5.73 Å². The fraction of sp³-hybridized carbons (Fsp3) is 0.778. The summed E-state index contributed by atoms with van der Waals surface area (Å²) in [6, 6.07) is 0. The largest absolute Gasteiger partial charge is 0.329 e. The Morgan fingerprint density at radius 2 is 2.00 bits per heavy atom. The van der Waals surface area contributed by atoms with Crippen LogP contribution in [0.4, 0.5) is 0 Å². The molecule has 0 aliphatic heterocycles. The van der Waals surface area contributed by atoms with Crippen molar-refractivity contribution in [3.05, 3.63) is 0 Å². The maximum atomic E-state index is 5.31. The van der Waals surface area contributed by atoms with Crippen LogP contribution >= 0.6 is 0 Å². The topological polar surface area (TPSA) is 29.3 Å². The van der Waals surface area contributed by atoms with E-state index in [0.29, 0.717) is 6.54 Å². The van der Waals surface area contributed by atoms with Gasteiger partial charge < -0.3 is 10.6 Å². The third-order valence-corrected chi connectivity index (χ3v) is 1.15. The van der Waals surface area contributed by atoms with Crippen LogP contribution in [0.1, 0.15) is 23.1 Å². The van der Waals surface area contributed by atoms with Gasteiger partial charge in [-0.3, -0.25) is 0 Å². The molecule has 0 heterocycles. The van der Waals surface area contributed by atoms with E-state index in [1.165, 1.54) is 0 Å². The number of rotatable bonds is 4. The molecule has 0 spiro atoms. The van der Waals surface area contributed by atoms with Gasteiger partial charge in [-0.25, -0.2) is 0 Å². The first-order valence-corrected chi connectivity index (χ1v) is 4.13. The first-order valence-electron chi connectivity index (χ1n) is 4.13. The zero-order chi connectivity index (χ0) is 9.11. The maximum absolute atomic E-state index is 5.31. The highest BCUT2D eigenvalue weighted by atomic mass is 15.1. The fourth-order valence-electron chi connectivity index (χ4n) is 0.588. The lowest BCUT2D eigenvalue weighted by Crippen LogP contribution is -2.26. The van der Waals surface area contributed by atoms with Gasteiger partial charge >= 0.3 is 0 Å². The van der Waals surface area contributed by atoms with Crippen LogP contribution in [0.5, 0.6) is 0 Å². The molecule has 11 heavy (non-hydrogen) atoms. The van der Waals surface area contributed by atoms with Crippen molar-refractivity contribution in [1.29, 1.82) is 0 Å². The minimum atomic E-state index is 0. The van der Waals surface area contributed by atoms with E-state index in [2.05, 4.69) is 10.8 Å². The van der Waals surface area contributed by atoms with Crippen LogP contribution < -0.4 is 5.73 Å². The van der Waals surface area contributed by atoms with Crippen molar-refractivity contribution in [2.75, 3.05) is 26.7 Å². The van der Waals surface area contributed by atoms with Crippen molar-refractivity contribution >= 4 is 0 Å². The van der Waals surface area contributed by atoms with Crippen LogP contribution in [0, 0.1) is 12.3 Å². The van der Waals surface area contributed by atoms with Crippen molar-refractivity contribution in [3.8, 4) is 12.3 Å². The highest BCUT2D eigenvalue weighted by molar-refractivity contribution is 4.84. The summed E-state index contributed by atoms with van der Waals surface area (Å²) in [6.07, 6.45) is 5.88. The van der Waals surface area contributed by atoms with E-state index >= 15 is 0 Å². The Hall–Kier alpha value is -0.520. The summed E-state index contributed by atoms with van der Waals surface area (Å²) in [7, 11) is 2.02. The second-order valence-electron chi connectivity index (χ2n) is 2.05. The number of nitrogens with zero attached hydrogens (tertiary/aromatic N) is 1. The van der Waals surface area contributed by atoms with E-state index in [4.69, 9.17) is 12.2 Å². The highest BCUT2D eigenvalue weighted by Gasteiger charge is 1.91. The molecule has 2 N–H and O–H groups in total. The first kappa shape index (κ1) is 13.1. The maximum Gasteiger partial charge on any atom is 0.0214 e. The van der Waals surface area contributed by atoms with Crippen LogP contribution in [0.3, 0.4) is 0 Å². The lowest BCUT2D eigenvalue weighted by molar-refractivity contribution is 0.352. The summed E-state index contributed by atoms with van der Waals surface area (Å²) in [6.45, 7) is 6.59. The Labute approximate surface area is 73.7 Å². The summed E-state index contributed by atoms with van der Waals surface area (Å²) < 4.78 is 0. The average Bonchev–Trinajstić information content (AvgIpc) is 2.05. The minimum absolute atomic E-state index is 0. The zero-order valence-corrected chi connectivity index (χ0v) is 7.93. The van der Waals surface area contributed by atoms with E-state index in [0.717, 1.165) is 19.5 Å². The van der Waals surface area contributed by atoms with E-state index in [1.807, 2.05) is 20.9 Å². The Balaban J connectivity index is -0.0000000941. The number of hydrogen-bond donors (Lipinski definition) is 1. The molecule has 0 aromatic rings. The molecule has 0 saturated carbocycles. The van der Waals surface area contributed by atoms with Crippen LogP contribution in [0.15, 0.2) is 0 Å². The molecule has 0 radical (unpaired) electrons. The van der Waals surface area contributed by atoms with Gasteiger partial charge in [0, 0.05) is 28.9 Å². The SMILES string of the molecule is C#CCCN(C)CCN.CC.[HH].[HH]. The molecule has 0 aromatic carbocycles. The van der Waals surface area contributed by atoms with Gasteiger partial charge in [0.05, 0.1) is 0 Å². The monoisotopic (exact) mass is 160 g/mol. The molecule has 0 aliphatic carbocycles. The minimum Gasteiger partial charge on any atom is -0.329 e. The summed E-state index contributed by atoms with van der Waals surface area (Å²) in [5.74, 6) is 2.57.